The van der Waals surface area contributed by atoms with Crippen molar-refractivity contribution in [3.05, 3.63) is 41.0 Å². The lowest BCUT2D eigenvalue weighted by molar-refractivity contribution is 1.13. The van der Waals surface area contributed by atoms with Crippen LogP contribution in [0.5, 0.6) is 0 Å². The number of aromatic nitrogens is 3. The highest BCUT2D eigenvalue weighted by Crippen LogP contribution is 2.24. The molecule has 3 aromatic rings. The molecule has 0 spiro atoms. The molecule has 0 fully saturated rings. The number of imidazole rings is 1. The predicted molar refractivity (Wildman–Crippen MR) is 81.4 cm³/mol. The molecule has 96 valence electrons. The van der Waals surface area contributed by atoms with Gasteiger partial charge in [0.1, 0.15) is 5.82 Å². The van der Waals surface area contributed by atoms with Crippen LogP contribution in [0.4, 0.5) is 5.69 Å². The molecule has 1 N–H and O–H groups in total. The van der Waals surface area contributed by atoms with Crippen LogP contribution >= 0.6 is 15.9 Å². The Morgan fingerprint density at radius 2 is 2.05 bits per heavy atom. The van der Waals surface area contributed by atoms with Crippen LogP contribution in [0.3, 0.4) is 0 Å². The summed E-state index contributed by atoms with van der Waals surface area (Å²) in [5.74, 6) is 0.837. The van der Waals surface area contributed by atoms with Crippen molar-refractivity contribution in [3.63, 3.8) is 0 Å². The van der Waals surface area contributed by atoms with Gasteiger partial charge in [-0.1, -0.05) is 12.1 Å². The smallest absolute Gasteiger partial charge is 0.178 e. The summed E-state index contributed by atoms with van der Waals surface area (Å²) in [4.78, 5) is 14.2. The Hall–Kier alpha value is -1.88. The van der Waals surface area contributed by atoms with E-state index >= 15 is 0 Å². The zero-order chi connectivity index (χ0) is 13.4. The maximum atomic E-state index is 4.52. The van der Waals surface area contributed by atoms with E-state index in [0.29, 0.717) is 0 Å². The fourth-order valence-corrected chi connectivity index (χ4v) is 2.27. The largest absolute Gasteiger partial charge is 0.378 e. The molecule has 1 aromatic carbocycles. The van der Waals surface area contributed by atoms with Gasteiger partial charge in [-0.25, -0.2) is 9.97 Å². The second kappa shape index (κ2) is 4.66. The van der Waals surface area contributed by atoms with Crippen LogP contribution in [0.2, 0.25) is 0 Å². The molecule has 0 atom stereocenters. The van der Waals surface area contributed by atoms with Crippen molar-refractivity contribution >= 4 is 32.8 Å². The van der Waals surface area contributed by atoms with Gasteiger partial charge in [0.15, 0.2) is 5.65 Å². The Morgan fingerprint density at radius 1 is 1.21 bits per heavy atom. The summed E-state index contributed by atoms with van der Waals surface area (Å²) in [6.07, 6.45) is 1.75. The van der Waals surface area contributed by atoms with E-state index in [1.54, 1.807) is 6.20 Å². The molecular formula is C14H13BrN4. The van der Waals surface area contributed by atoms with Gasteiger partial charge >= 0.3 is 0 Å². The van der Waals surface area contributed by atoms with Crippen LogP contribution in [-0.2, 0) is 0 Å². The van der Waals surface area contributed by atoms with E-state index in [9.17, 15) is 0 Å². The van der Waals surface area contributed by atoms with E-state index in [-0.39, 0.29) is 0 Å². The molecule has 0 amide bonds. The van der Waals surface area contributed by atoms with Gasteiger partial charge in [0.05, 0.1) is 5.52 Å². The third-order valence-corrected chi connectivity index (χ3v) is 3.37. The molecule has 0 bridgehead atoms. The number of pyridine rings is 1. The van der Waals surface area contributed by atoms with Crippen molar-refractivity contribution < 1.29 is 0 Å². The van der Waals surface area contributed by atoms with Gasteiger partial charge in [-0.2, -0.15) is 0 Å². The number of halogens is 1. The van der Waals surface area contributed by atoms with Crippen molar-refractivity contribution in [2.45, 2.75) is 0 Å². The van der Waals surface area contributed by atoms with Crippen molar-refractivity contribution in [1.82, 2.24) is 15.0 Å². The summed E-state index contributed by atoms with van der Waals surface area (Å²) in [5, 5.41) is 0. The first-order valence-electron chi connectivity index (χ1n) is 5.92. The molecule has 0 saturated heterocycles. The Balaban J connectivity index is 2.11. The van der Waals surface area contributed by atoms with E-state index in [1.807, 2.05) is 32.3 Å². The Morgan fingerprint density at radius 3 is 2.84 bits per heavy atom. The monoisotopic (exact) mass is 316 g/mol. The number of anilines is 1. The van der Waals surface area contributed by atoms with Crippen LogP contribution in [-0.4, -0.2) is 29.0 Å². The molecule has 5 heteroatoms. The third-order valence-electron chi connectivity index (χ3n) is 2.94. The minimum Gasteiger partial charge on any atom is -0.378 e. The zero-order valence-electron chi connectivity index (χ0n) is 10.7. The Labute approximate surface area is 119 Å². The van der Waals surface area contributed by atoms with Gasteiger partial charge in [-0.15, -0.1) is 0 Å². The number of nitrogens with zero attached hydrogens (tertiary/aromatic N) is 3. The fourth-order valence-electron chi connectivity index (χ4n) is 1.94. The van der Waals surface area contributed by atoms with E-state index < -0.39 is 0 Å². The van der Waals surface area contributed by atoms with Gasteiger partial charge < -0.3 is 9.88 Å². The van der Waals surface area contributed by atoms with Gasteiger partial charge in [0, 0.05) is 36.0 Å². The Kier molecular flexibility index (Phi) is 2.98. The number of aromatic amines is 1. The minimum atomic E-state index is 0.730. The number of hydrogen-bond acceptors (Lipinski definition) is 3. The number of H-pyrrole nitrogens is 1. The van der Waals surface area contributed by atoms with Crippen molar-refractivity contribution in [2.24, 2.45) is 0 Å². The highest BCUT2D eigenvalue weighted by molar-refractivity contribution is 9.10. The number of fused-ring (bicyclic) bond motifs is 1. The first kappa shape index (κ1) is 12.2. The topological polar surface area (TPSA) is 44.8 Å². The number of nitrogens with one attached hydrogen (secondary N) is 1. The average Bonchev–Trinajstić information content (AvgIpc) is 2.81. The first-order chi connectivity index (χ1) is 9.13. The summed E-state index contributed by atoms with van der Waals surface area (Å²) >= 11 is 3.41. The number of benzene rings is 1. The summed E-state index contributed by atoms with van der Waals surface area (Å²) in [5.41, 5.74) is 3.86. The lowest BCUT2D eigenvalue weighted by atomic mass is 10.2. The zero-order valence-corrected chi connectivity index (χ0v) is 12.3. The van der Waals surface area contributed by atoms with E-state index in [0.717, 1.165) is 32.7 Å². The van der Waals surface area contributed by atoms with Crippen LogP contribution in [0.1, 0.15) is 0 Å². The number of hydrogen-bond donors (Lipinski definition) is 1. The van der Waals surface area contributed by atoms with Gasteiger partial charge in [-0.3, -0.25) is 0 Å². The average molecular weight is 317 g/mol. The molecule has 19 heavy (non-hydrogen) atoms. The van der Waals surface area contributed by atoms with Crippen molar-refractivity contribution in [3.8, 4) is 11.4 Å². The van der Waals surface area contributed by atoms with E-state index in [2.05, 4.69) is 47.9 Å². The lowest BCUT2D eigenvalue weighted by Crippen LogP contribution is -2.08. The molecular weight excluding hydrogens is 304 g/mol. The quantitative estimate of drug-likeness (QED) is 0.787. The molecule has 0 unspecified atom stereocenters. The highest BCUT2D eigenvalue weighted by atomic mass is 79.9. The first-order valence-corrected chi connectivity index (χ1v) is 6.72. The Bertz CT molecular complexity index is 733. The normalized spacial score (nSPS) is 10.9. The standard InChI is InChI=1S/C14H13BrN4/c1-19(2)11-5-3-4-9(6-11)13-17-12-7-10(15)8-16-14(12)18-13/h3-8H,1-2H3,(H,16,17,18). The molecule has 0 saturated carbocycles. The summed E-state index contributed by atoms with van der Waals surface area (Å²) in [6, 6.07) is 10.2. The predicted octanol–water partition coefficient (Wildman–Crippen LogP) is 3.45. The van der Waals surface area contributed by atoms with E-state index in [1.165, 1.54) is 0 Å². The summed E-state index contributed by atoms with van der Waals surface area (Å²) in [7, 11) is 4.05. The molecule has 0 radical (unpaired) electrons. The molecule has 4 nitrogen and oxygen atoms in total. The van der Waals surface area contributed by atoms with Gasteiger partial charge in [0.2, 0.25) is 0 Å². The van der Waals surface area contributed by atoms with Gasteiger partial charge in [-0.05, 0) is 34.1 Å². The van der Waals surface area contributed by atoms with Crippen LogP contribution in [0.15, 0.2) is 41.0 Å². The maximum Gasteiger partial charge on any atom is 0.178 e. The second-order valence-electron chi connectivity index (χ2n) is 4.55. The highest BCUT2D eigenvalue weighted by Gasteiger charge is 2.07. The molecule has 2 heterocycles. The number of rotatable bonds is 2. The second-order valence-corrected chi connectivity index (χ2v) is 5.47. The van der Waals surface area contributed by atoms with Crippen molar-refractivity contribution in [2.75, 3.05) is 19.0 Å². The van der Waals surface area contributed by atoms with Crippen LogP contribution < -0.4 is 4.90 Å². The van der Waals surface area contributed by atoms with Gasteiger partial charge in [0.25, 0.3) is 0 Å². The molecule has 0 aliphatic carbocycles. The van der Waals surface area contributed by atoms with E-state index in [4.69, 9.17) is 0 Å². The molecule has 2 aromatic heterocycles. The fraction of sp³-hybridized carbons (Fsp3) is 0.143. The molecule has 3 rings (SSSR count). The lowest BCUT2D eigenvalue weighted by Gasteiger charge is -2.12. The SMILES string of the molecule is CN(C)c1cccc(-c2nc3ncc(Br)cc3[nH]2)c1. The summed E-state index contributed by atoms with van der Waals surface area (Å²) < 4.78 is 0.942. The van der Waals surface area contributed by atoms with Crippen LogP contribution in [0.25, 0.3) is 22.6 Å². The minimum absolute atomic E-state index is 0.730. The third kappa shape index (κ3) is 2.33. The molecule has 0 aliphatic rings. The maximum absolute atomic E-state index is 4.52. The van der Waals surface area contributed by atoms with Crippen molar-refractivity contribution in [1.29, 1.82) is 0 Å². The van der Waals surface area contributed by atoms with Crippen LogP contribution in [0, 0.1) is 0 Å². The molecule has 0 aliphatic heterocycles. The summed E-state index contributed by atoms with van der Waals surface area (Å²) in [6.45, 7) is 0.